The molecule has 5 nitrogen and oxygen atoms in total. The van der Waals surface area contributed by atoms with Crippen LogP contribution in [0.15, 0.2) is 82.6 Å². The van der Waals surface area contributed by atoms with E-state index < -0.39 is 9.84 Å². The number of nitrogens with zero attached hydrogens (tertiary/aromatic N) is 1. The Hall–Kier alpha value is -3.12. The highest BCUT2D eigenvalue weighted by atomic mass is 32.2. The van der Waals surface area contributed by atoms with Gasteiger partial charge in [0, 0.05) is 5.56 Å². The first-order valence-electron chi connectivity index (χ1n) is 8.03. The Morgan fingerprint density at radius 2 is 1.65 bits per heavy atom. The summed E-state index contributed by atoms with van der Waals surface area (Å²) in [6.45, 7) is 0. The first kappa shape index (κ1) is 16.4. The molecule has 4 rings (SSSR count). The zero-order valence-electron chi connectivity index (χ0n) is 14.0. The van der Waals surface area contributed by atoms with E-state index in [4.69, 9.17) is 4.74 Å². The number of benzene rings is 3. The molecular weight excluding hydrogens is 348 g/mol. The normalized spacial score (nSPS) is 11.6. The van der Waals surface area contributed by atoms with Gasteiger partial charge in [-0.25, -0.2) is 13.4 Å². The second-order valence-corrected chi connectivity index (χ2v) is 7.70. The van der Waals surface area contributed by atoms with E-state index in [9.17, 15) is 8.42 Å². The number of H-pyrrole nitrogens is 1. The lowest BCUT2D eigenvalue weighted by atomic mass is 10.2. The van der Waals surface area contributed by atoms with Gasteiger partial charge >= 0.3 is 0 Å². The molecule has 4 aromatic rings. The molecule has 0 atom stereocenters. The number of hydrogen-bond donors (Lipinski definition) is 1. The van der Waals surface area contributed by atoms with Crippen LogP contribution in [0.3, 0.4) is 0 Å². The van der Waals surface area contributed by atoms with Gasteiger partial charge in [-0.1, -0.05) is 30.3 Å². The monoisotopic (exact) mass is 364 g/mol. The number of rotatable bonds is 4. The largest absolute Gasteiger partial charge is 0.497 e. The first-order valence-corrected chi connectivity index (χ1v) is 9.51. The lowest BCUT2D eigenvalue weighted by Gasteiger charge is -2.11. The van der Waals surface area contributed by atoms with Gasteiger partial charge in [0.05, 0.1) is 27.9 Å². The summed E-state index contributed by atoms with van der Waals surface area (Å²) in [5.41, 5.74) is 2.13. The second-order valence-electron chi connectivity index (χ2n) is 5.78. The Labute approximate surface area is 151 Å². The van der Waals surface area contributed by atoms with E-state index in [1.807, 2.05) is 24.3 Å². The molecule has 6 heteroatoms. The summed E-state index contributed by atoms with van der Waals surface area (Å²) in [5, 5.41) is 0. The molecule has 0 fully saturated rings. The number of ether oxygens (including phenoxy) is 1. The van der Waals surface area contributed by atoms with Crippen molar-refractivity contribution in [3.8, 4) is 17.1 Å². The van der Waals surface area contributed by atoms with E-state index in [-0.39, 0.29) is 9.79 Å². The summed E-state index contributed by atoms with van der Waals surface area (Å²) in [4.78, 5) is 8.12. The summed E-state index contributed by atoms with van der Waals surface area (Å²) >= 11 is 0. The average molecular weight is 364 g/mol. The van der Waals surface area contributed by atoms with Gasteiger partial charge in [0.2, 0.25) is 9.84 Å². The Bertz CT molecular complexity index is 1150. The van der Waals surface area contributed by atoms with Crippen LogP contribution >= 0.6 is 0 Å². The minimum atomic E-state index is -3.73. The van der Waals surface area contributed by atoms with Crippen molar-refractivity contribution in [3.05, 3.63) is 72.8 Å². The van der Waals surface area contributed by atoms with Gasteiger partial charge in [-0.05, 0) is 42.5 Å². The molecular formula is C20H16N2O3S. The summed E-state index contributed by atoms with van der Waals surface area (Å²) in [6, 6.07) is 20.9. The maximum atomic E-state index is 13.2. The quantitative estimate of drug-likeness (QED) is 0.592. The van der Waals surface area contributed by atoms with Gasteiger partial charge in [0.1, 0.15) is 11.6 Å². The zero-order valence-corrected chi connectivity index (χ0v) is 14.8. The van der Waals surface area contributed by atoms with Crippen molar-refractivity contribution >= 4 is 20.9 Å². The first-order chi connectivity index (χ1) is 12.6. The number of sulfone groups is 1. The molecule has 1 N–H and O–H groups in total. The van der Waals surface area contributed by atoms with E-state index in [1.165, 1.54) is 13.2 Å². The smallest absolute Gasteiger partial charge is 0.207 e. The van der Waals surface area contributed by atoms with Crippen LogP contribution in [-0.2, 0) is 9.84 Å². The van der Waals surface area contributed by atoms with Gasteiger partial charge in [-0.3, -0.25) is 0 Å². The van der Waals surface area contributed by atoms with Crippen LogP contribution < -0.4 is 4.74 Å². The number of para-hydroxylation sites is 2. The number of aromatic nitrogens is 2. The highest BCUT2D eigenvalue weighted by Gasteiger charge is 2.24. The topological polar surface area (TPSA) is 72.0 Å². The van der Waals surface area contributed by atoms with Crippen molar-refractivity contribution in [1.29, 1.82) is 0 Å². The Kier molecular flexibility index (Phi) is 3.97. The van der Waals surface area contributed by atoms with Gasteiger partial charge in [-0.15, -0.1) is 0 Å². The Morgan fingerprint density at radius 3 is 2.38 bits per heavy atom. The van der Waals surface area contributed by atoms with Crippen LogP contribution in [0.4, 0.5) is 0 Å². The van der Waals surface area contributed by atoms with Crippen LogP contribution in [0.1, 0.15) is 0 Å². The van der Waals surface area contributed by atoms with Crippen LogP contribution in [-0.4, -0.2) is 25.5 Å². The molecule has 1 heterocycles. The number of methoxy groups -OCH3 is 1. The molecule has 26 heavy (non-hydrogen) atoms. The van der Waals surface area contributed by atoms with Crippen LogP contribution in [0.25, 0.3) is 22.4 Å². The van der Waals surface area contributed by atoms with E-state index in [0.717, 1.165) is 11.0 Å². The fraction of sp³-hybridized carbons (Fsp3) is 0.0500. The number of aromatic amines is 1. The molecule has 0 aliphatic carbocycles. The lowest BCUT2D eigenvalue weighted by molar-refractivity contribution is 0.413. The highest BCUT2D eigenvalue weighted by Crippen LogP contribution is 2.33. The van der Waals surface area contributed by atoms with Gasteiger partial charge < -0.3 is 9.72 Å². The fourth-order valence-corrected chi connectivity index (χ4v) is 4.35. The van der Waals surface area contributed by atoms with Crippen molar-refractivity contribution in [2.45, 2.75) is 9.79 Å². The van der Waals surface area contributed by atoms with Crippen LogP contribution in [0.2, 0.25) is 0 Å². The predicted molar refractivity (Wildman–Crippen MR) is 100.0 cm³/mol. The molecule has 1 aromatic heterocycles. The minimum absolute atomic E-state index is 0.155. The van der Waals surface area contributed by atoms with Crippen LogP contribution in [0, 0.1) is 0 Å². The zero-order chi connectivity index (χ0) is 18.1. The van der Waals surface area contributed by atoms with Gasteiger partial charge in [-0.2, -0.15) is 0 Å². The van der Waals surface area contributed by atoms with Crippen molar-refractivity contribution in [2.24, 2.45) is 0 Å². The fourth-order valence-electron chi connectivity index (χ4n) is 2.85. The van der Waals surface area contributed by atoms with Gasteiger partial charge in [0.25, 0.3) is 0 Å². The SMILES string of the molecule is COc1ccc(-c2nc3ccccc3[nH]2)c(S(=O)(=O)c2ccccc2)c1. The third kappa shape index (κ3) is 2.74. The molecule has 0 saturated heterocycles. The number of imidazole rings is 1. The molecule has 0 aliphatic rings. The molecule has 0 amide bonds. The van der Waals surface area contributed by atoms with E-state index in [2.05, 4.69) is 9.97 Å². The molecule has 0 saturated carbocycles. The third-order valence-corrected chi connectivity index (χ3v) is 5.99. The third-order valence-electron chi connectivity index (χ3n) is 4.18. The molecule has 0 aliphatic heterocycles. The van der Waals surface area contributed by atoms with Crippen molar-refractivity contribution < 1.29 is 13.2 Å². The molecule has 0 spiro atoms. The summed E-state index contributed by atoms with van der Waals surface area (Å²) in [5.74, 6) is 0.975. The Morgan fingerprint density at radius 1 is 0.923 bits per heavy atom. The van der Waals surface area contributed by atoms with E-state index in [1.54, 1.807) is 42.5 Å². The number of fused-ring (bicyclic) bond motifs is 1. The highest BCUT2D eigenvalue weighted by molar-refractivity contribution is 7.91. The molecule has 0 unspecified atom stereocenters. The van der Waals surface area contributed by atoms with Crippen LogP contribution in [0.5, 0.6) is 5.75 Å². The van der Waals surface area contributed by atoms with E-state index >= 15 is 0 Å². The maximum Gasteiger partial charge on any atom is 0.207 e. The van der Waals surface area contributed by atoms with E-state index in [0.29, 0.717) is 17.1 Å². The van der Waals surface area contributed by atoms with Crippen molar-refractivity contribution in [1.82, 2.24) is 9.97 Å². The van der Waals surface area contributed by atoms with Crippen molar-refractivity contribution in [3.63, 3.8) is 0 Å². The average Bonchev–Trinajstić information content (AvgIpc) is 3.12. The summed E-state index contributed by atoms with van der Waals surface area (Å²) in [6.07, 6.45) is 0. The standard InChI is InChI=1S/C20H16N2O3S/c1-25-14-11-12-16(20-21-17-9-5-6-10-18(17)22-20)19(13-14)26(23,24)15-7-3-2-4-8-15/h2-13H,1H3,(H,21,22). The molecule has 0 radical (unpaired) electrons. The van der Waals surface area contributed by atoms with Crippen molar-refractivity contribution in [2.75, 3.05) is 7.11 Å². The van der Waals surface area contributed by atoms with Gasteiger partial charge in [0.15, 0.2) is 0 Å². The summed E-state index contributed by atoms with van der Waals surface area (Å²) in [7, 11) is -2.22. The molecule has 130 valence electrons. The second kappa shape index (κ2) is 6.31. The maximum absolute atomic E-state index is 13.2. The Balaban J connectivity index is 1.96. The molecule has 0 bridgehead atoms. The lowest BCUT2D eigenvalue weighted by Crippen LogP contribution is -2.05. The summed E-state index contributed by atoms with van der Waals surface area (Å²) < 4.78 is 31.7. The number of nitrogens with one attached hydrogen (secondary N) is 1. The molecule has 3 aromatic carbocycles. The predicted octanol–water partition coefficient (Wildman–Crippen LogP) is 4.07. The minimum Gasteiger partial charge on any atom is -0.497 e. The number of hydrogen-bond acceptors (Lipinski definition) is 4.